The Morgan fingerprint density at radius 3 is 3.11 bits per heavy atom. The number of amidine groups is 1. The molecular weight excluding hydrogens is 316 g/mol. The number of ether oxygens (including phenoxy) is 1. The summed E-state index contributed by atoms with van der Waals surface area (Å²) in [5.41, 5.74) is 0.837. The lowest BCUT2D eigenvalue weighted by molar-refractivity contribution is -0.124. The van der Waals surface area contributed by atoms with Gasteiger partial charge in [-0.3, -0.25) is 9.69 Å². The molecule has 18 heavy (non-hydrogen) atoms. The standard InChI is InChI=1S/C12H13BrN2O2S/c1-17-6-5-15-11(16)8-18-12(15)14-10-4-2-3-9(13)7-10/h2-4,7H,5-6,8H2,1H3. The Balaban J connectivity index is 2.18. The SMILES string of the molecule is COCCN1C(=O)CSC1=Nc1cccc(Br)c1. The van der Waals surface area contributed by atoms with E-state index in [1.165, 1.54) is 11.8 Å². The van der Waals surface area contributed by atoms with Crippen molar-refractivity contribution in [2.75, 3.05) is 26.0 Å². The number of rotatable bonds is 4. The lowest BCUT2D eigenvalue weighted by Crippen LogP contribution is -2.32. The highest BCUT2D eigenvalue weighted by molar-refractivity contribution is 9.10. The summed E-state index contributed by atoms with van der Waals surface area (Å²) in [6.45, 7) is 1.07. The molecule has 0 aromatic heterocycles. The molecule has 96 valence electrons. The predicted molar refractivity (Wildman–Crippen MR) is 77.3 cm³/mol. The number of amides is 1. The Labute approximate surface area is 119 Å². The number of hydrogen-bond donors (Lipinski definition) is 0. The van der Waals surface area contributed by atoms with E-state index in [1.807, 2.05) is 24.3 Å². The normalized spacial score (nSPS) is 17.8. The summed E-state index contributed by atoms with van der Waals surface area (Å²) >= 11 is 4.87. The average molecular weight is 329 g/mol. The molecular formula is C12H13BrN2O2S. The molecule has 1 heterocycles. The van der Waals surface area contributed by atoms with Crippen molar-refractivity contribution in [3.8, 4) is 0 Å². The number of thioether (sulfide) groups is 1. The van der Waals surface area contributed by atoms with Gasteiger partial charge in [-0.1, -0.05) is 33.8 Å². The number of carbonyl (C=O) groups is 1. The fourth-order valence-corrected chi connectivity index (χ4v) is 2.85. The molecule has 2 rings (SSSR count). The zero-order valence-corrected chi connectivity index (χ0v) is 12.3. The monoisotopic (exact) mass is 328 g/mol. The number of methoxy groups -OCH3 is 1. The predicted octanol–water partition coefficient (Wildman–Crippen LogP) is 2.66. The summed E-state index contributed by atoms with van der Waals surface area (Å²) in [7, 11) is 1.62. The number of carbonyl (C=O) groups excluding carboxylic acids is 1. The largest absolute Gasteiger partial charge is 0.383 e. The van der Waals surface area contributed by atoms with Gasteiger partial charge >= 0.3 is 0 Å². The van der Waals surface area contributed by atoms with E-state index in [4.69, 9.17) is 4.74 Å². The molecule has 0 radical (unpaired) electrons. The van der Waals surface area contributed by atoms with E-state index in [-0.39, 0.29) is 5.91 Å². The first-order chi connectivity index (χ1) is 8.70. The minimum Gasteiger partial charge on any atom is -0.383 e. The van der Waals surface area contributed by atoms with Crippen LogP contribution in [0.5, 0.6) is 0 Å². The maximum absolute atomic E-state index is 11.7. The smallest absolute Gasteiger partial charge is 0.239 e. The lowest BCUT2D eigenvalue weighted by atomic mass is 10.3. The minimum absolute atomic E-state index is 0.0887. The van der Waals surface area contributed by atoms with Crippen molar-refractivity contribution in [3.63, 3.8) is 0 Å². The lowest BCUT2D eigenvalue weighted by Gasteiger charge is -2.15. The van der Waals surface area contributed by atoms with Crippen molar-refractivity contribution in [1.82, 2.24) is 4.90 Å². The molecule has 1 saturated heterocycles. The number of aliphatic imine (C=N–C) groups is 1. The van der Waals surface area contributed by atoms with Gasteiger partial charge in [0.1, 0.15) is 0 Å². The molecule has 0 atom stereocenters. The molecule has 0 saturated carbocycles. The first kappa shape index (κ1) is 13.6. The van der Waals surface area contributed by atoms with Crippen LogP contribution in [-0.4, -0.2) is 42.0 Å². The molecule has 1 aliphatic heterocycles. The van der Waals surface area contributed by atoms with Crippen LogP contribution in [0.25, 0.3) is 0 Å². The molecule has 0 N–H and O–H groups in total. The van der Waals surface area contributed by atoms with E-state index in [9.17, 15) is 4.79 Å². The molecule has 0 spiro atoms. The fraction of sp³-hybridized carbons (Fsp3) is 0.333. The highest BCUT2D eigenvalue weighted by Crippen LogP contribution is 2.25. The Morgan fingerprint density at radius 1 is 1.56 bits per heavy atom. The van der Waals surface area contributed by atoms with Crippen molar-refractivity contribution in [2.45, 2.75) is 0 Å². The van der Waals surface area contributed by atoms with Gasteiger partial charge in [-0.25, -0.2) is 4.99 Å². The summed E-state index contributed by atoms with van der Waals surface area (Å²) in [4.78, 5) is 17.9. The zero-order chi connectivity index (χ0) is 13.0. The van der Waals surface area contributed by atoms with E-state index in [1.54, 1.807) is 12.0 Å². The molecule has 4 nitrogen and oxygen atoms in total. The van der Waals surface area contributed by atoms with E-state index in [2.05, 4.69) is 20.9 Å². The third-order valence-electron chi connectivity index (χ3n) is 2.41. The zero-order valence-electron chi connectivity index (χ0n) is 9.93. The first-order valence-electron chi connectivity index (χ1n) is 5.47. The highest BCUT2D eigenvalue weighted by atomic mass is 79.9. The van der Waals surface area contributed by atoms with Crippen molar-refractivity contribution in [3.05, 3.63) is 28.7 Å². The first-order valence-corrected chi connectivity index (χ1v) is 7.25. The van der Waals surface area contributed by atoms with Crippen molar-refractivity contribution < 1.29 is 9.53 Å². The Kier molecular flexibility index (Phi) is 4.79. The second-order valence-corrected chi connectivity index (χ2v) is 5.56. The highest BCUT2D eigenvalue weighted by Gasteiger charge is 2.27. The minimum atomic E-state index is 0.0887. The third kappa shape index (κ3) is 3.34. The van der Waals surface area contributed by atoms with Gasteiger partial charge in [0.05, 0.1) is 24.6 Å². The average Bonchev–Trinajstić information content (AvgIpc) is 2.68. The Hall–Kier alpha value is -0.850. The molecule has 0 aliphatic carbocycles. The molecule has 1 aromatic rings. The number of halogens is 1. The van der Waals surface area contributed by atoms with Gasteiger partial charge in [0.2, 0.25) is 5.91 Å². The van der Waals surface area contributed by atoms with Crippen LogP contribution in [0.4, 0.5) is 5.69 Å². The number of benzene rings is 1. The van der Waals surface area contributed by atoms with Gasteiger partial charge in [-0.15, -0.1) is 0 Å². The number of nitrogens with zero attached hydrogens (tertiary/aromatic N) is 2. The van der Waals surface area contributed by atoms with Gasteiger partial charge in [-0.05, 0) is 18.2 Å². The van der Waals surface area contributed by atoms with Crippen molar-refractivity contribution in [2.24, 2.45) is 4.99 Å². The van der Waals surface area contributed by atoms with Crippen LogP contribution >= 0.6 is 27.7 Å². The van der Waals surface area contributed by atoms with E-state index in [0.717, 1.165) is 15.3 Å². The summed E-state index contributed by atoms with van der Waals surface area (Å²) in [5.74, 6) is 0.544. The molecule has 1 aliphatic rings. The van der Waals surface area contributed by atoms with Crippen LogP contribution in [0.3, 0.4) is 0 Å². The van der Waals surface area contributed by atoms with Crippen LogP contribution in [0.2, 0.25) is 0 Å². The fourth-order valence-electron chi connectivity index (χ4n) is 1.54. The molecule has 1 amide bonds. The summed E-state index contributed by atoms with van der Waals surface area (Å²) in [5, 5.41) is 0.746. The molecule has 6 heteroatoms. The number of hydrogen-bond acceptors (Lipinski definition) is 4. The van der Waals surface area contributed by atoms with Gasteiger partial charge in [0, 0.05) is 11.6 Å². The van der Waals surface area contributed by atoms with Crippen LogP contribution in [0.1, 0.15) is 0 Å². The van der Waals surface area contributed by atoms with Crippen molar-refractivity contribution in [1.29, 1.82) is 0 Å². The van der Waals surface area contributed by atoms with E-state index in [0.29, 0.717) is 18.9 Å². The molecule has 0 bridgehead atoms. The Morgan fingerprint density at radius 2 is 2.39 bits per heavy atom. The molecule has 1 aromatic carbocycles. The van der Waals surface area contributed by atoms with E-state index >= 15 is 0 Å². The van der Waals surface area contributed by atoms with Gasteiger partial charge in [0.15, 0.2) is 5.17 Å². The maximum atomic E-state index is 11.7. The van der Waals surface area contributed by atoms with Crippen LogP contribution in [-0.2, 0) is 9.53 Å². The second-order valence-electron chi connectivity index (χ2n) is 3.70. The summed E-state index contributed by atoms with van der Waals surface area (Å²) < 4.78 is 5.98. The van der Waals surface area contributed by atoms with Crippen molar-refractivity contribution >= 4 is 44.5 Å². The van der Waals surface area contributed by atoms with Gasteiger partial charge < -0.3 is 4.74 Å². The van der Waals surface area contributed by atoms with Gasteiger partial charge in [0.25, 0.3) is 0 Å². The summed E-state index contributed by atoms with van der Waals surface area (Å²) in [6, 6.07) is 7.70. The third-order valence-corrected chi connectivity index (χ3v) is 3.86. The van der Waals surface area contributed by atoms with Crippen LogP contribution < -0.4 is 0 Å². The topological polar surface area (TPSA) is 41.9 Å². The quantitative estimate of drug-likeness (QED) is 0.853. The summed E-state index contributed by atoms with van der Waals surface area (Å²) in [6.07, 6.45) is 0. The van der Waals surface area contributed by atoms with Gasteiger partial charge in [-0.2, -0.15) is 0 Å². The second kappa shape index (κ2) is 6.36. The molecule has 1 fully saturated rings. The van der Waals surface area contributed by atoms with Crippen LogP contribution in [0.15, 0.2) is 33.7 Å². The van der Waals surface area contributed by atoms with Crippen LogP contribution in [0, 0.1) is 0 Å². The maximum Gasteiger partial charge on any atom is 0.239 e. The Bertz CT molecular complexity index is 479. The molecule has 0 unspecified atom stereocenters. The van der Waals surface area contributed by atoms with E-state index < -0.39 is 0 Å².